The number of nitrogens with zero attached hydrogens (tertiary/aromatic N) is 1. The molecule has 0 aliphatic carbocycles. The Morgan fingerprint density at radius 3 is 2.53 bits per heavy atom. The molecule has 1 atom stereocenters. The molecule has 3 heteroatoms. The summed E-state index contributed by atoms with van der Waals surface area (Å²) in [7, 11) is 1.77. The van der Waals surface area contributed by atoms with E-state index in [0.717, 1.165) is 26.2 Å². The van der Waals surface area contributed by atoms with Crippen LogP contribution in [0.2, 0.25) is 0 Å². The lowest BCUT2D eigenvalue weighted by Gasteiger charge is -2.51. The minimum Gasteiger partial charge on any atom is -0.383 e. The van der Waals surface area contributed by atoms with Crippen LogP contribution >= 0.6 is 0 Å². The molecular weight excluding hydrogens is 188 g/mol. The van der Waals surface area contributed by atoms with Crippen molar-refractivity contribution < 1.29 is 4.74 Å². The molecule has 1 aliphatic rings. The Morgan fingerprint density at radius 2 is 2.00 bits per heavy atom. The standard InChI is InChI=1S/C12H26N2O/c1-6-12(4)9-13-11(2,3)10-14(12)7-8-15-5/h13H,6-10H2,1-5H3. The molecule has 1 rings (SSSR count). The molecule has 0 radical (unpaired) electrons. The Labute approximate surface area is 94.2 Å². The quantitative estimate of drug-likeness (QED) is 0.767. The first-order valence-corrected chi connectivity index (χ1v) is 5.92. The molecule has 0 aromatic heterocycles. The van der Waals surface area contributed by atoms with Crippen molar-refractivity contribution in [2.45, 2.75) is 45.2 Å². The molecule has 0 amide bonds. The lowest BCUT2D eigenvalue weighted by Crippen LogP contribution is -2.67. The average molecular weight is 214 g/mol. The van der Waals surface area contributed by atoms with Crippen LogP contribution in [0.25, 0.3) is 0 Å². The average Bonchev–Trinajstić information content (AvgIpc) is 2.20. The van der Waals surface area contributed by atoms with E-state index >= 15 is 0 Å². The van der Waals surface area contributed by atoms with E-state index in [9.17, 15) is 0 Å². The first-order chi connectivity index (χ1) is 6.93. The van der Waals surface area contributed by atoms with Crippen LogP contribution in [0, 0.1) is 0 Å². The molecule has 0 spiro atoms. The third-order valence-corrected chi connectivity index (χ3v) is 3.62. The fraction of sp³-hybridized carbons (Fsp3) is 1.00. The first-order valence-electron chi connectivity index (χ1n) is 5.92. The zero-order valence-electron chi connectivity index (χ0n) is 10.9. The van der Waals surface area contributed by atoms with Crippen molar-refractivity contribution in [3.8, 4) is 0 Å². The van der Waals surface area contributed by atoms with Gasteiger partial charge in [-0.3, -0.25) is 4.90 Å². The van der Waals surface area contributed by atoms with Crippen molar-refractivity contribution in [1.29, 1.82) is 0 Å². The largest absolute Gasteiger partial charge is 0.383 e. The maximum atomic E-state index is 5.19. The number of rotatable bonds is 4. The zero-order valence-corrected chi connectivity index (χ0v) is 10.9. The van der Waals surface area contributed by atoms with Crippen molar-refractivity contribution in [2.75, 3.05) is 33.4 Å². The van der Waals surface area contributed by atoms with E-state index in [0.29, 0.717) is 0 Å². The molecule has 0 saturated carbocycles. The fourth-order valence-electron chi connectivity index (χ4n) is 2.16. The van der Waals surface area contributed by atoms with Gasteiger partial charge in [0.15, 0.2) is 0 Å². The van der Waals surface area contributed by atoms with Gasteiger partial charge in [0.1, 0.15) is 0 Å². The number of hydrogen-bond acceptors (Lipinski definition) is 3. The van der Waals surface area contributed by atoms with Crippen LogP contribution in [0.15, 0.2) is 0 Å². The van der Waals surface area contributed by atoms with E-state index in [1.165, 1.54) is 6.42 Å². The van der Waals surface area contributed by atoms with Gasteiger partial charge in [0.05, 0.1) is 6.61 Å². The summed E-state index contributed by atoms with van der Waals surface area (Å²) in [4.78, 5) is 2.56. The van der Waals surface area contributed by atoms with Crippen LogP contribution < -0.4 is 5.32 Å². The third-order valence-electron chi connectivity index (χ3n) is 3.62. The molecular formula is C12H26N2O. The SMILES string of the molecule is CCC1(C)CNC(C)(C)CN1CCOC. The minimum atomic E-state index is 0.225. The van der Waals surface area contributed by atoms with Gasteiger partial charge in [-0.25, -0.2) is 0 Å². The van der Waals surface area contributed by atoms with Crippen LogP contribution in [0.5, 0.6) is 0 Å². The molecule has 0 aromatic rings. The van der Waals surface area contributed by atoms with E-state index in [4.69, 9.17) is 4.74 Å². The van der Waals surface area contributed by atoms with Gasteiger partial charge in [-0.2, -0.15) is 0 Å². The van der Waals surface area contributed by atoms with Crippen LogP contribution in [0.3, 0.4) is 0 Å². The summed E-state index contributed by atoms with van der Waals surface area (Å²) in [6, 6.07) is 0. The molecule has 0 bridgehead atoms. The van der Waals surface area contributed by atoms with E-state index in [-0.39, 0.29) is 11.1 Å². The van der Waals surface area contributed by atoms with Gasteiger partial charge in [0, 0.05) is 37.8 Å². The van der Waals surface area contributed by atoms with Crippen molar-refractivity contribution >= 4 is 0 Å². The van der Waals surface area contributed by atoms with Crippen LogP contribution in [0.4, 0.5) is 0 Å². The molecule has 1 fully saturated rings. The van der Waals surface area contributed by atoms with Crippen LogP contribution in [0.1, 0.15) is 34.1 Å². The first kappa shape index (κ1) is 12.9. The molecule has 1 N–H and O–H groups in total. The third kappa shape index (κ3) is 3.16. The molecule has 90 valence electrons. The summed E-state index contributed by atoms with van der Waals surface area (Å²) >= 11 is 0. The summed E-state index contributed by atoms with van der Waals surface area (Å²) in [5.41, 5.74) is 0.510. The van der Waals surface area contributed by atoms with E-state index in [1.807, 2.05) is 0 Å². The Balaban J connectivity index is 2.65. The number of methoxy groups -OCH3 is 1. The van der Waals surface area contributed by atoms with Crippen molar-refractivity contribution in [3.63, 3.8) is 0 Å². The highest BCUT2D eigenvalue weighted by molar-refractivity contribution is 4.99. The van der Waals surface area contributed by atoms with Crippen LogP contribution in [-0.2, 0) is 4.74 Å². The predicted molar refractivity (Wildman–Crippen MR) is 64.2 cm³/mol. The molecule has 1 heterocycles. The van der Waals surface area contributed by atoms with Crippen molar-refractivity contribution in [1.82, 2.24) is 10.2 Å². The van der Waals surface area contributed by atoms with Gasteiger partial charge in [-0.15, -0.1) is 0 Å². The highest BCUT2D eigenvalue weighted by Crippen LogP contribution is 2.26. The maximum Gasteiger partial charge on any atom is 0.0589 e. The second-order valence-corrected chi connectivity index (χ2v) is 5.50. The van der Waals surface area contributed by atoms with Crippen molar-refractivity contribution in [3.05, 3.63) is 0 Å². The molecule has 0 aromatic carbocycles. The summed E-state index contributed by atoms with van der Waals surface area (Å²) in [6.45, 7) is 13.2. The smallest absolute Gasteiger partial charge is 0.0589 e. The lowest BCUT2D eigenvalue weighted by atomic mass is 9.88. The highest BCUT2D eigenvalue weighted by Gasteiger charge is 2.38. The Hall–Kier alpha value is -0.120. The maximum absolute atomic E-state index is 5.19. The van der Waals surface area contributed by atoms with Crippen LogP contribution in [-0.4, -0.2) is 49.3 Å². The predicted octanol–water partition coefficient (Wildman–Crippen LogP) is 1.49. The van der Waals surface area contributed by atoms with E-state index in [1.54, 1.807) is 7.11 Å². The highest BCUT2D eigenvalue weighted by atomic mass is 16.5. The Bertz CT molecular complexity index is 206. The topological polar surface area (TPSA) is 24.5 Å². The molecule has 15 heavy (non-hydrogen) atoms. The summed E-state index contributed by atoms with van der Waals surface area (Å²) < 4.78 is 5.19. The zero-order chi connectivity index (χ0) is 11.5. The number of ether oxygens (including phenoxy) is 1. The summed E-state index contributed by atoms with van der Waals surface area (Å²) in [5, 5.41) is 3.62. The van der Waals surface area contributed by atoms with Gasteiger partial charge in [0.25, 0.3) is 0 Å². The fourth-order valence-corrected chi connectivity index (χ4v) is 2.16. The lowest BCUT2D eigenvalue weighted by molar-refractivity contribution is 0.00665. The number of nitrogens with one attached hydrogen (secondary N) is 1. The monoisotopic (exact) mass is 214 g/mol. The van der Waals surface area contributed by atoms with Gasteiger partial charge in [0.2, 0.25) is 0 Å². The second-order valence-electron chi connectivity index (χ2n) is 5.50. The summed E-state index contributed by atoms with van der Waals surface area (Å²) in [6.07, 6.45) is 1.18. The second kappa shape index (κ2) is 4.81. The van der Waals surface area contributed by atoms with E-state index < -0.39 is 0 Å². The van der Waals surface area contributed by atoms with Crippen molar-refractivity contribution in [2.24, 2.45) is 0 Å². The van der Waals surface area contributed by atoms with Gasteiger partial charge < -0.3 is 10.1 Å². The molecule has 1 aliphatic heterocycles. The number of hydrogen-bond donors (Lipinski definition) is 1. The van der Waals surface area contributed by atoms with Gasteiger partial charge in [-0.1, -0.05) is 6.92 Å². The Morgan fingerprint density at radius 1 is 1.33 bits per heavy atom. The summed E-state index contributed by atoms with van der Waals surface area (Å²) in [5.74, 6) is 0. The minimum absolute atomic E-state index is 0.225. The molecule has 1 unspecified atom stereocenters. The molecule has 1 saturated heterocycles. The van der Waals surface area contributed by atoms with E-state index in [2.05, 4.69) is 37.9 Å². The molecule has 3 nitrogen and oxygen atoms in total. The Kier molecular flexibility index (Phi) is 4.15. The number of piperazine rings is 1. The van der Waals surface area contributed by atoms with Gasteiger partial charge in [-0.05, 0) is 27.2 Å². The normalized spacial score (nSPS) is 31.8. The van der Waals surface area contributed by atoms with Gasteiger partial charge >= 0.3 is 0 Å².